The molecule has 7 nitrogen and oxygen atoms in total. The fraction of sp³-hybridized carbons (Fsp3) is 0.385. The first-order valence-corrected chi connectivity index (χ1v) is 8.10. The lowest BCUT2D eigenvalue weighted by Crippen LogP contribution is -2.27. The molecule has 2 atom stereocenters. The van der Waals surface area contributed by atoms with Crippen LogP contribution in [0.25, 0.3) is 11.2 Å². The molecule has 3 heterocycles. The summed E-state index contributed by atoms with van der Waals surface area (Å²) in [7, 11) is 0. The van der Waals surface area contributed by atoms with Crippen LogP contribution >= 0.6 is 23.4 Å². The van der Waals surface area contributed by atoms with Gasteiger partial charge in [-0.1, -0.05) is 23.4 Å². The second-order valence-corrected chi connectivity index (χ2v) is 5.71. The van der Waals surface area contributed by atoms with Crippen molar-refractivity contribution < 1.29 is 14.3 Å². The number of thioether (sulfide) groups is 1. The van der Waals surface area contributed by atoms with Gasteiger partial charge in [0, 0.05) is 6.92 Å². The minimum absolute atomic E-state index is 0.272. The van der Waals surface area contributed by atoms with Gasteiger partial charge < -0.3 is 9.47 Å². The molecule has 0 aromatic carbocycles. The fourth-order valence-corrected chi connectivity index (χ4v) is 2.75. The third-order valence-corrected chi connectivity index (χ3v) is 3.87. The van der Waals surface area contributed by atoms with Gasteiger partial charge in [-0.2, -0.15) is 0 Å². The molecule has 1 aliphatic heterocycles. The van der Waals surface area contributed by atoms with E-state index in [0.29, 0.717) is 21.5 Å². The number of esters is 1. The number of nitrogens with zero attached hydrogens (tertiary/aromatic N) is 4. The van der Waals surface area contributed by atoms with Crippen LogP contribution in [0.2, 0.25) is 5.15 Å². The number of carbonyl (C=O) groups excluding carboxylic acids is 1. The van der Waals surface area contributed by atoms with Crippen molar-refractivity contribution in [2.45, 2.75) is 24.4 Å². The number of carbonyl (C=O) groups is 1. The van der Waals surface area contributed by atoms with Gasteiger partial charge in [0.15, 0.2) is 22.2 Å². The lowest BCUT2D eigenvalue weighted by Gasteiger charge is -2.24. The van der Waals surface area contributed by atoms with Crippen molar-refractivity contribution in [3.63, 3.8) is 0 Å². The number of halogens is 1. The number of hydrogen-bond acceptors (Lipinski definition) is 7. The molecule has 3 rings (SSSR count). The van der Waals surface area contributed by atoms with Crippen LogP contribution in [0.3, 0.4) is 0 Å². The number of ether oxygens (including phenoxy) is 2. The van der Waals surface area contributed by atoms with E-state index in [1.54, 1.807) is 23.0 Å². The molecular weight excluding hydrogens is 328 g/mol. The van der Waals surface area contributed by atoms with E-state index in [0.717, 1.165) is 0 Å². The quantitative estimate of drug-likeness (QED) is 0.278. The summed E-state index contributed by atoms with van der Waals surface area (Å²) in [4.78, 5) is 23.8. The summed E-state index contributed by atoms with van der Waals surface area (Å²) in [5.41, 5.74) is 1.13. The molecule has 0 fully saturated rings. The molecule has 0 aliphatic carbocycles. The first-order chi connectivity index (χ1) is 10.6. The van der Waals surface area contributed by atoms with E-state index in [2.05, 4.69) is 15.0 Å². The van der Waals surface area contributed by atoms with Gasteiger partial charge in [0.25, 0.3) is 0 Å². The Bertz CT molecular complexity index is 748. The number of imidazole rings is 1. The van der Waals surface area contributed by atoms with Gasteiger partial charge in [-0.15, -0.1) is 0 Å². The zero-order chi connectivity index (χ0) is 15.7. The highest BCUT2D eigenvalue weighted by Crippen LogP contribution is 2.26. The number of aromatic nitrogens is 4. The van der Waals surface area contributed by atoms with Crippen LogP contribution in [-0.2, 0) is 14.3 Å². The molecule has 0 spiro atoms. The van der Waals surface area contributed by atoms with Crippen molar-refractivity contribution in [3.8, 4) is 0 Å². The highest BCUT2D eigenvalue weighted by molar-refractivity contribution is 7.98. The summed E-state index contributed by atoms with van der Waals surface area (Å²) in [6.45, 7) is 1.64. The van der Waals surface area contributed by atoms with Gasteiger partial charge in [0.05, 0.1) is 12.9 Å². The van der Waals surface area contributed by atoms with Crippen LogP contribution in [0, 0.1) is 0 Å². The Kier molecular flexibility index (Phi) is 4.32. The normalized spacial score (nSPS) is 21.2. The van der Waals surface area contributed by atoms with E-state index in [9.17, 15) is 4.79 Å². The molecule has 1 aliphatic rings. The minimum atomic E-state index is -0.377. The van der Waals surface area contributed by atoms with Crippen LogP contribution in [0.15, 0.2) is 23.6 Å². The van der Waals surface area contributed by atoms with E-state index < -0.39 is 0 Å². The van der Waals surface area contributed by atoms with E-state index in [1.165, 1.54) is 18.7 Å². The standard InChI is InChI=1S/C13H13ClN4O3S/c1-7(19)21-8-3-4-9(20-5-8)18-6-15-10-11(14)16-13(22-2)17-12(10)18/h3-4,6,8-9H,5H2,1-2H3/t8-,9-/m1/s1. The van der Waals surface area contributed by atoms with Gasteiger partial charge in [0.2, 0.25) is 0 Å². The zero-order valence-electron chi connectivity index (χ0n) is 11.9. The van der Waals surface area contributed by atoms with Crippen molar-refractivity contribution >= 4 is 40.5 Å². The molecular formula is C13H13ClN4O3S. The highest BCUT2D eigenvalue weighted by Gasteiger charge is 2.22. The van der Waals surface area contributed by atoms with Gasteiger partial charge >= 0.3 is 5.97 Å². The zero-order valence-corrected chi connectivity index (χ0v) is 13.5. The monoisotopic (exact) mass is 340 g/mol. The first-order valence-electron chi connectivity index (χ1n) is 6.49. The number of hydrogen-bond donors (Lipinski definition) is 0. The third kappa shape index (κ3) is 2.94. The predicted octanol–water partition coefficient (Wildman–Crippen LogP) is 2.22. The van der Waals surface area contributed by atoms with Crippen LogP contribution in [-0.4, -0.2) is 44.5 Å². The molecule has 0 saturated heterocycles. The van der Waals surface area contributed by atoms with Crippen molar-refractivity contribution in [2.75, 3.05) is 12.9 Å². The van der Waals surface area contributed by atoms with Crippen molar-refractivity contribution in [3.05, 3.63) is 23.6 Å². The van der Waals surface area contributed by atoms with E-state index in [-0.39, 0.29) is 24.9 Å². The molecule has 116 valence electrons. The van der Waals surface area contributed by atoms with E-state index in [1.807, 2.05) is 6.26 Å². The smallest absolute Gasteiger partial charge is 0.303 e. The summed E-state index contributed by atoms with van der Waals surface area (Å²) in [6.07, 6.45) is 6.32. The van der Waals surface area contributed by atoms with Crippen LogP contribution < -0.4 is 0 Å². The van der Waals surface area contributed by atoms with E-state index in [4.69, 9.17) is 21.1 Å². The van der Waals surface area contributed by atoms with E-state index >= 15 is 0 Å². The molecule has 0 N–H and O–H groups in total. The van der Waals surface area contributed by atoms with Gasteiger partial charge in [-0.25, -0.2) is 15.0 Å². The van der Waals surface area contributed by atoms with Crippen LogP contribution in [0.5, 0.6) is 0 Å². The summed E-state index contributed by atoms with van der Waals surface area (Å²) in [6, 6.07) is 0. The molecule has 2 aromatic heterocycles. The first kappa shape index (κ1) is 15.3. The maximum absolute atomic E-state index is 10.9. The van der Waals surface area contributed by atoms with Gasteiger partial charge in [-0.3, -0.25) is 9.36 Å². The average molecular weight is 341 g/mol. The molecule has 0 saturated carbocycles. The van der Waals surface area contributed by atoms with Crippen LogP contribution in [0.4, 0.5) is 0 Å². The predicted molar refractivity (Wildman–Crippen MR) is 81.8 cm³/mol. The SMILES string of the molecule is CSc1nc(Cl)c2ncn([C@H]3C=C[C@@H](OC(C)=O)CO3)c2n1. The second kappa shape index (κ2) is 6.23. The summed E-state index contributed by atoms with van der Waals surface area (Å²) >= 11 is 7.52. The Balaban J connectivity index is 1.91. The Morgan fingerprint density at radius 1 is 1.50 bits per heavy atom. The topological polar surface area (TPSA) is 79.1 Å². The van der Waals surface area contributed by atoms with Crippen LogP contribution in [0.1, 0.15) is 13.2 Å². The Morgan fingerprint density at radius 2 is 2.32 bits per heavy atom. The second-order valence-electron chi connectivity index (χ2n) is 4.58. The molecule has 0 radical (unpaired) electrons. The maximum atomic E-state index is 10.9. The molecule has 22 heavy (non-hydrogen) atoms. The Morgan fingerprint density at radius 3 is 2.95 bits per heavy atom. The largest absolute Gasteiger partial charge is 0.456 e. The number of rotatable bonds is 3. The molecule has 0 unspecified atom stereocenters. The molecule has 2 aromatic rings. The fourth-order valence-electron chi connectivity index (χ4n) is 2.12. The van der Waals surface area contributed by atoms with Gasteiger partial charge in [0.1, 0.15) is 11.6 Å². The summed E-state index contributed by atoms with van der Waals surface area (Å²) in [5.74, 6) is -0.339. The minimum Gasteiger partial charge on any atom is -0.456 e. The maximum Gasteiger partial charge on any atom is 0.303 e. The Labute approximate surface area is 135 Å². The molecule has 9 heteroatoms. The average Bonchev–Trinajstić information content (AvgIpc) is 2.92. The summed E-state index contributed by atoms with van der Waals surface area (Å²) in [5, 5.41) is 0.877. The van der Waals surface area contributed by atoms with Crippen molar-refractivity contribution in [1.82, 2.24) is 19.5 Å². The molecule has 0 bridgehead atoms. The lowest BCUT2D eigenvalue weighted by molar-refractivity contribution is -0.149. The summed E-state index contributed by atoms with van der Waals surface area (Å²) < 4.78 is 12.5. The number of fused-ring (bicyclic) bond motifs is 1. The lowest BCUT2D eigenvalue weighted by atomic mass is 10.2. The Hall–Kier alpha value is -1.64. The van der Waals surface area contributed by atoms with Crippen molar-refractivity contribution in [1.29, 1.82) is 0 Å². The third-order valence-electron chi connectivity index (χ3n) is 3.05. The van der Waals surface area contributed by atoms with Gasteiger partial charge in [-0.05, 0) is 18.4 Å². The molecule has 0 amide bonds. The van der Waals surface area contributed by atoms with Crippen molar-refractivity contribution in [2.24, 2.45) is 0 Å². The highest BCUT2D eigenvalue weighted by atomic mass is 35.5.